The lowest BCUT2D eigenvalue weighted by Crippen LogP contribution is -2.30. The zero-order valence-corrected chi connectivity index (χ0v) is 18.5. The van der Waals surface area contributed by atoms with Gasteiger partial charge in [0.1, 0.15) is 29.7 Å². The molecule has 0 spiro atoms. The number of nitrogens with one attached hydrogen (secondary N) is 1. The van der Waals surface area contributed by atoms with E-state index in [1.807, 2.05) is 30.3 Å². The van der Waals surface area contributed by atoms with E-state index in [0.717, 1.165) is 21.2 Å². The molecule has 0 aromatic heterocycles. The van der Waals surface area contributed by atoms with Crippen LogP contribution in [0.1, 0.15) is 16.7 Å². The summed E-state index contributed by atoms with van der Waals surface area (Å²) in [5.41, 5.74) is 2.16. The third-order valence-corrected chi connectivity index (χ3v) is 5.74. The molecule has 4 aromatic carbocycles. The number of benzene rings is 4. The molecule has 0 unspecified atom stereocenters. The molecule has 0 aliphatic carbocycles. The number of hydrogen-bond donors (Lipinski definition) is 1. The van der Waals surface area contributed by atoms with Gasteiger partial charge in [0.15, 0.2) is 0 Å². The summed E-state index contributed by atoms with van der Waals surface area (Å²) in [5, 5.41) is 4.41. The maximum Gasteiger partial charge on any atom is 0.329 e. The fraction of sp³-hybridized carbons (Fsp3) is 0.0714. The normalized spacial score (nSPS) is 14.6. The van der Waals surface area contributed by atoms with Crippen LogP contribution in [0.3, 0.4) is 0 Å². The van der Waals surface area contributed by atoms with E-state index in [1.54, 1.807) is 24.3 Å². The molecule has 1 saturated heterocycles. The molecule has 1 aliphatic rings. The minimum Gasteiger partial charge on any atom is -0.488 e. The van der Waals surface area contributed by atoms with Gasteiger partial charge in [0.2, 0.25) is 0 Å². The fourth-order valence-corrected chi connectivity index (χ4v) is 3.92. The molecule has 0 radical (unpaired) electrons. The monoisotopic (exact) mass is 470 g/mol. The first-order valence-electron chi connectivity index (χ1n) is 11.0. The van der Waals surface area contributed by atoms with Gasteiger partial charge in [-0.05, 0) is 58.3 Å². The van der Waals surface area contributed by atoms with Gasteiger partial charge in [-0.2, -0.15) is 0 Å². The third-order valence-electron chi connectivity index (χ3n) is 5.74. The smallest absolute Gasteiger partial charge is 0.329 e. The molecular formula is C28H20F2N2O3. The first-order valence-corrected chi connectivity index (χ1v) is 11.0. The summed E-state index contributed by atoms with van der Waals surface area (Å²) < 4.78 is 32.5. The summed E-state index contributed by atoms with van der Waals surface area (Å²) in [6.45, 7) is 0.220. The van der Waals surface area contributed by atoms with Crippen LogP contribution < -0.4 is 10.1 Å². The molecular weight excluding hydrogens is 450 g/mol. The van der Waals surface area contributed by atoms with E-state index in [1.165, 1.54) is 36.4 Å². The highest BCUT2D eigenvalue weighted by atomic mass is 19.1. The topological polar surface area (TPSA) is 58.6 Å². The number of fused-ring (bicyclic) bond motifs is 1. The largest absolute Gasteiger partial charge is 0.488 e. The second-order valence-corrected chi connectivity index (χ2v) is 8.12. The average molecular weight is 470 g/mol. The Bertz CT molecular complexity index is 1450. The standard InChI is InChI=1S/C28H20F2N2O3/c29-21-10-5-18(6-11-21)16-32-27(33)25(31-28(32)34)15-24-23-4-2-1-3-20(23)9-14-26(24)35-17-19-7-12-22(30)13-8-19/h1-15H,16-17H2,(H,31,34)/b25-15+. The Morgan fingerprint density at radius 2 is 1.46 bits per heavy atom. The zero-order valence-electron chi connectivity index (χ0n) is 18.5. The average Bonchev–Trinajstić information content (AvgIpc) is 3.13. The number of halogens is 2. The predicted octanol–water partition coefficient (Wildman–Crippen LogP) is 5.79. The summed E-state index contributed by atoms with van der Waals surface area (Å²) in [5.74, 6) is -0.697. The van der Waals surface area contributed by atoms with Gasteiger partial charge < -0.3 is 10.1 Å². The summed E-state index contributed by atoms with van der Waals surface area (Å²) in [6.07, 6.45) is 1.60. The molecule has 5 nitrogen and oxygen atoms in total. The van der Waals surface area contributed by atoms with E-state index in [0.29, 0.717) is 16.9 Å². The lowest BCUT2D eigenvalue weighted by Gasteiger charge is -2.13. The van der Waals surface area contributed by atoms with Crippen molar-refractivity contribution in [2.24, 2.45) is 0 Å². The van der Waals surface area contributed by atoms with Gasteiger partial charge in [0.05, 0.1) is 6.54 Å². The Hall–Kier alpha value is -4.52. The Labute approximate surface area is 200 Å². The van der Waals surface area contributed by atoms with E-state index < -0.39 is 17.8 Å². The first-order chi connectivity index (χ1) is 17.0. The van der Waals surface area contributed by atoms with Crippen molar-refractivity contribution in [3.05, 3.63) is 119 Å². The van der Waals surface area contributed by atoms with Crippen molar-refractivity contribution in [1.29, 1.82) is 0 Å². The van der Waals surface area contributed by atoms with Gasteiger partial charge in [0.25, 0.3) is 5.91 Å². The van der Waals surface area contributed by atoms with Crippen LogP contribution in [0.5, 0.6) is 5.75 Å². The number of imide groups is 1. The molecule has 7 heteroatoms. The van der Waals surface area contributed by atoms with E-state index >= 15 is 0 Å². The maximum atomic E-state index is 13.2. The summed E-state index contributed by atoms with van der Waals surface area (Å²) in [6, 6.07) is 22.4. The van der Waals surface area contributed by atoms with Crippen LogP contribution in [0.25, 0.3) is 16.8 Å². The van der Waals surface area contributed by atoms with Crippen LogP contribution in [-0.4, -0.2) is 16.8 Å². The fourth-order valence-electron chi connectivity index (χ4n) is 3.92. The van der Waals surface area contributed by atoms with Crippen molar-refractivity contribution in [2.45, 2.75) is 13.2 Å². The predicted molar refractivity (Wildman–Crippen MR) is 128 cm³/mol. The first kappa shape index (κ1) is 22.3. The van der Waals surface area contributed by atoms with Crippen LogP contribution in [-0.2, 0) is 17.9 Å². The number of nitrogens with zero attached hydrogens (tertiary/aromatic N) is 1. The Morgan fingerprint density at radius 3 is 2.17 bits per heavy atom. The Morgan fingerprint density at radius 1 is 0.800 bits per heavy atom. The molecule has 3 amide bonds. The molecule has 0 bridgehead atoms. The zero-order chi connectivity index (χ0) is 24.4. The van der Waals surface area contributed by atoms with Crippen LogP contribution in [0, 0.1) is 11.6 Å². The number of carbonyl (C=O) groups excluding carboxylic acids is 2. The minimum atomic E-state index is -0.556. The van der Waals surface area contributed by atoms with Crippen molar-refractivity contribution in [2.75, 3.05) is 0 Å². The van der Waals surface area contributed by atoms with E-state index in [4.69, 9.17) is 4.74 Å². The molecule has 1 aliphatic heterocycles. The highest BCUT2D eigenvalue weighted by Crippen LogP contribution is 2.32. The molecule has 0 atom stereocenters. The molecule has 174 valence electrons. The van der Waals surface area contributed by atoms with Crippen LogP contribution in [0.2, 0.25) is 0 Å². The van der Waals surface area contributed by atoms with Gasteiger partial charge in [-0.15, -0.1) is 0 Å². The lowest BCUT2D eigenvalue weighted by molar-refractivity contribution is -0.123. The number of ether oxygens (including phenoxy) is 1. The highest BCUT2D eigenvalue weighted by molar-refractivity contribution is 6.14. The highest BCUT2D eigenvalue weighted by Gasteiger charge is 2.33. The van der Waals surface area contributed by atoms with E-state index in [9.17, 15) is 18.4 Å². The van der Waals surface area contributed by atoms with Gasteiger partial charge in [-0.25, -0.2) is 13.6 Å². The van der Waals surface area contributed by atoms with Crippen molar-refractivity contribution in [3.8, 4) is 5.75 Å². The Balaban J connectivity index is 1.46. The van der Waals surface area contributed by atoms with Crippen molar-refractivity contribution < 1.29 is 23.1 Å². The third kappa shape index (κ3) is 4.75. The second-order valence-electron chi connectivity index (χ2n) is 8.12. The molecule has 5 rings (SSSR count). The second kappa shape index (κ2) is 9.38. The lowest BCUT2D eigenvalue weighted by atomic mass is 10.0. The van der Waals surface area contributed by atoms with Gasteiger partial charge in [-0.1, -0.05) is 54.6 Å². The van der Waals surface area contributed by atoms with Crippen molar-refractivity contribution >= 4 is 28.8 Å². The number of hydrogen-bond acceptors (Lipinski definition) is 3. The molecule has 1 N–H and O–H groups in total. The van der Waals surface area contributed by atoms with Gasteiger partial charge in [-0.3, -0.25) is 9.69 Å². The summed E-state index contributed by atoms with van der Waals surface area (Å²) in [7, 11) is 0. The van der Waals surface area contributed by atoms with Crippen molar-refractivity contribution in [1.82, 2.24) is 10.2 Å². The summed E-state index contributed by atoms with van der Waals surface area (Å²) in [4.78, 5) is 26.7. The summed E-state index contributed by atoms with van der Waals surface area (Å²) >= 11 is 0. The van der Waals surface area contributed by atoms with E-state index in [-0.39, 0.29) is 24.7 Å². The number of urea groups is 1. The van der Waals surface area contributed by atoms with Crippen LogP contribution >= 0.6 is 0 Å². The van der Waals surface area contributed by atoms with Crippen LogP contribution in [0.15, 0.2) is 90.6 Å². The number of rotatable bonds is 6. The Kier molecular flexibility index (Phi) is 5.97. The molecule has 1 fully saturated rings. The SMILES string of the molecule is O=C1N/C(=C/c2c(OCc3ccc(F)cc3)ccc3ccccc23)C(=O)N1Cc1ccc(F)cc1. The molecule has 4 aromatic rings. The molecule has 35 heavy (non-hydrogen) atoms. The van der Waals surface area contributed by atoms with Gasteiger partial charge in [0, 0.05) is 5.56 Å². The molecule has 0 saturated carbocycles. The number of carbonyl (C=O) groups is 2. The van der Waals surface area contributed by atoms with Gasteiger partial charge >= 0.3 is 6.03 Å². The maximum absolute atomic E-state index is 13.2. The quantitative estimate of drug-likeness (QED) is 0.287. The molecule has 1 heterocycles. The number of amides is 3. The van der Waals surface area contributed by atoms with Crippen LogP contribution in [0.4, 0.5) is 13.6 Å². The minimum absolute atomic E-state index is 0.0196. The van der Waals surface area contributed by atoms with Crippen molar-refractivity contribution in [3.63, 3.8) is 0 Å². The van der Waals surface area contributed by atoms with E-state index in [2.05, 4.69) is 5.32 Å².